The van der Waals surface area contributed by atoms with Crippen molar-refractivity contribution >= 4 is 11.8 Å². The highest BCUT2D eigenvalue weighted by Gasteiger charge is 2.37. The zero-order chi connectivity index (χ0) is 20.4. The quantitative estimate of drug-likeness (QED) is 0.378. The number of ketones is 1. The molecule has 0 saturated heterocycles. The van der Waals surface area contributed by atoms with Crippen LogP contribution in [0.3, 0.4) is 0 Å². The summed E-state index contributed by atoms with van der Waals surface area (Å²) in [6, 6.07) is 0. The maximum atomic E-state index is 13.0. The molecule has 3 atom stereocenters. The largest absolute Gasteiger partial charge is 0.477 e. The van der Waals surface area contributed by atoms with Gasteiger partial charge in [-0.05, 0) is 19.3 Å². The number of rotatable bonds is 12. The van der Waals surface area contributed by atoms with Gasteiger partial charge < -0.3 is 10.2 Å². The highest BCUT2D eigenvalue weighted by atomic mass is 19.3. The Morgan fingerprint density at radius 3 is 2.70 bits per heavy atom. The Morgan fingerprint density at radius 1 is 1.37 bits per heavy atom. The van der Waals surface area contributed by atoms with Crippen LogP contribution in [0, 0.1) is 11.8 Å². The monoisotopic (exact) mass is 384 g/mol. The predicted molar refractivity (Wildman–Crippen MR) is 101 cm³/mol. The van der Waals surface area contributed by atoms with Crippen molar-refractivity contribution in [2.24, 2.45) is 11.8 Å². The van der Waals surface area contributed by atoms with Gasteiger partial charge in [-0.3, -0.25) is 4.79 Å². The van der Waals surface area contributed by atoms with E-state index in [4.69, 9.17) is 5.11 Å². The average molecular weight is 384 g/mol. The maximum absolute atomic E-state index is 13.0. The van der Waals surface area contributed by atoms with Crippen LogP contribution >= 0.6 is 0 Å². The second-order valence-electron chi connectivity index (χ2n) is 7.14. The molecule has 0 spiro atoms. The van der Waals surface area contributed by atoms with Crippen molar-refractivity contribution in [2.75, 3.05) is 0 Å². The van der Waals surface area contributed by atoms with Crippen molar-refractivity contribution in [2.45, 2.75) is 70.3 Å². The molecule has 1 aliphatic carbocycles. The van der Waals surface area contributed by atoms with Crippen LogP contribution < -0.4 is 0 Å². The molecule has 0 aromatic heterocycles. The molecule has 1 aliphatic rings. The third-order valence-electron chi connectivity index (χ3n) is 4.86. The SMILES string of the molecule is C=C1CC(=O)[C@H](CC=CCCC(F)(F)C(=O)O)[C@H]1C=C[C@@H](O)CCCCC. The highest BCUT2D eigenvalue weighted by molar-refractivity contribution is 5.87. The van der Waals surface area contributed by atoms with E-state index < -0.39 is 24.4 Å². The van der Waals surface area contributed by atoms with Crippen LogP contribution in [-0.4, -0.2) is 34.0 Å². The van der Waals surface area contributed by atoms with Gasteiger partial charge in [0, 0.05) is 24.7 Å². The van der Waals surface area contributed by atoms with Gasteiger partial charge in [0.2, 0.25) is 0 Å². The van der Waals surface area contributed by atoms with E-state index in [0.29, 0.717) is 12.8 Å². The number of alkyl halides is 2. The molecule has 1 fully saturated rings. The first-order valence-electron chi connectivity index (χ1n) is 9.52. The number of carboxylic acids is 1. The van der Waals surface area contributed by atoms with Crippen molar-refractivity contribution in [3.63, 3.8) is 0 Å². The fourth-order valence-corrected chi connectivity index (χ4v) is 3.19. The Labute approximate surface area is 159 Å². The van der Waals surface area contributed by atoms with Gasteiger partial charge in [-0.2, -0.15) is 8.78 Å². The first kappa shape index (κ1) is 23.2. The van der Waals surface area contributed by atoms with E-state index in [1.165, 1.54) is 6.08 Å². The summed E-state index contributed by atoms with van der Waals surface area (Å²) >= 11 is 0. The van der Waals surface area contributed by atoms with E-state index in [1.54, 1.807) is 12.2 Å². The standard InChI is InChI=1S/C21H30F2O4/c1-3-4-6-9-16(24)11-12-17-15(2)14-19(25)18(17)10-7-5-8-13-21(22,23)20(26)27/h5,7,11-12,16-18,24H,2-4,6,8-10,13-14H2,1H3,(H,26,27)/t16-,17-,18+/m0/s1. The van der Waals surface area contributed by atoms with Gasteiger partial charge >= 0.3 is 11.9 Å². The number of hydrogen-bond donors (Lipinski definition) is 2. The summed E-state index contributed by atoms with van der Waals surface area (Å²) < 4.78 is 26.0. The topological polar surface area (TPSA) is 74.6 Å². The Kier molecular flexibility index (Phi) is 9.56. The fourth-order valence-electron chi connectivity index (χ4n) is 3.19. The minimum atomic E-state index is -3.74. The number of aliphatic carboxylic acids is 1. The lowest BCUT2D eigenvalue weighted by molar-refractivity contribution is -0.165. The number of carbonyl (C=O) groups is 2. The van der Waals surface area contributed by atoms with Crippen molar-refractivity contribution in [1.29, 1.82) is 0 Å². The van der Waals surface area contributed by atoms with E-state index in [-0.39, 0.29) is 30.5 Å². The van der Waals surface area contributed by atoms with Crippen LogP contribution in [0.25, 0.3) is 0 Å². The van der Waals surface area contributed by atoms with E-state index in [9.17, 15) is 23.5 Å². The summed E-state index contributed by atoms with van der Waals surface area (Å²) in [6.45, 7) is 6.04. The number of unbranched alkanes of at least 4 members (excludes halogenated alkanes) is 2. The molecule has 4 nitrogen and oxygen atoms in total. The van der Waals surface area contributed by atoms with Crippen molar-refractivity contribution in [3.8, 4) is 0 Å². The van der Waals surface area contributed by atoms with E-state index >= 15 is 0 Å². The Bertz CT molecular complexity index is 581. The second-order valence-corrected chi connectivity index (χ2v) is 7.14. The summed E-state index contributed by atoms with van der Waals surface area (Å²) in [7, 11) is 0. The van der Waals surface area contributed by atoms with Crippen LogP contribution in [0.15, 0.2) is 36.5 Å². The molecule has 0 unspecified atom stereocenters. The molecule has 1 rings (SSSR count). The number of hydrogen-bond acceptors (Lipinski definition) is 3. The van der Waals surface area contributed by atoms with Gasteiger partial charge in [0.05, 0.1) is 6.10 Å². The molecule has 152 valence electrons. The third kappa shape index (κ3) is 7.75. The summed E-state index contributed by atoms with van der Waals surface area (Å²) in [5.74, 6) is -6.28. The molecule has 6 heteroatoms. The molecule has 2 N–H and O–H groups in total. The van der Waals surface area contributed by atoms with Crippen LogP contribution in [0.2, 0.25) is 0 Å². The molecule has 0 amide bonds. The van der Waals surface area contributed by atoms with Gasteiger partial charge in [-0.1, -0.05) is 62.6 Å². The van der Waals surface area contributed by atoms with Gasteiger partial charge in [-0.25, -0.2) is 4.79 Å². The number of carbonyl (C=O) groups excluding carboxylic acids is 1. The Balaban J connectivity index is 2.56. The minimum absolute atomic E-state index is 0.0515. The molecule has 0 aromatic carbocycles. The van der Waals surface area contributed by atoms with Gasteiger partial charge in [0.15, 0.2) is 0 Å². The van der Waals surface area contributed by atoms with Gasteiger partial charge in [0.25, 0.3) is 0 Å². The zero-order valence-corrected chi connectivity index (χ0v) is 15.9. The molecule has 0 aromatic rings. The molecule has 0 heterocycles. The maximum Gasteiger partial charge on any atom is 0.374 e. The lowest BCUT2D eigenvalue weighted by atomic mass is 9.89. The van der Waals surface area contributed by atoms with Crippen molar-refractivity contribution < 1.29 is 28.6 Å². The number of aliphatic hydroxyl groups excluding tert-OH is 1. The average Bonchev–Trinajstić information content (AvgIpc) is 2.86. The van der Waals surface area contributed by atoms with E-state index in [0.717, 1.165) is 24.8 Å². The normalized spacial score (nSPS) is 22.2. The number of allylic oxidation sites excluding steroid dienone is 4. The van der Waals surface area contributed by atoms with Crippen molar-refractivity contribution in [3.05, 3.63) is 36.5 Å². The number of Topliss-reactive ketones (excluding diaryl/α,β-unsaturated/α-hetero) is 1. The lowest BCUT2D eigenvalue weighted by Crippen LogP contribution is -2.27. The lowest BCUT2D eigenvalue weighted by Gasteiger charge is -2.15. The van der Waals surface area contributed by atoms with Gasteiger partial charge in [0.1, 0.15) is 5.78 Å². The van der Waals surface area contributed by atoms with Gasteiger partial charge in [-0.15, -0.1) is 0 Å². The van der Waals surface area contributed by atoms with E-state index in [1.807, 2.05) is 6.08 Å². The number of aliphatic hydroxyl groups is 1. The van der Waals surface area contributed by atoms with Crippen LogP contribution in [0.1, 0.15) is 58.3 Å². The first-order chi connectivity index (χ1) is 12.7. The molecule has 0 radical (unpaired) electrons. The molecular formula is C21H30F2O4. The summed E-state index contributed by atoms with van der Waals surface area (Å²) in [4.78, 5) is 22.5. The Morgan fingerprint density at radius 2 is 2.07 bits per heavy atom. The minimum Gasteiger partial charge on any atom is -0.477 e. The van der Waals surface area contributed by atoms with E-state index in [2.05, 4.69) is 13.5 Å². The Hall–Kier alpha value is -1.82. The smallest absolute Gasteiger partial charge is 0.374 e. The van der Waals surface area contributed by atoms with Crippen LogP contribution in [0.4, 0.5) is 8.78 Å². The number of halogens is 2. The fraction of sp³-hybridized carbons (Fsp3) is 0.619. The second kappa shape index (κ2) is 11.1. The molecule has 0 aliphatic heterocycles. The summed E-state index contributed by atoms with van der Waals surface area (Å²) in [5.41, 5.74) is 0.799. The summed E-state index contributed by atoms with van der Waals surface area (Å²) in [6.07, 6.45) is 9.75. The summed E-state index contributed by atoms with van der Waals surface area (Å²) in [5, 5.41) is 18.4. The molecule has 1 saturated carbocycles. The first-order valence-corrected chi connectivity index (χ1v) is 9.52. The molecule has 0 bridgehead atoms. The predicted octanol–water partition coefficient (Wildman–Crippen LogP) is 4.69. The highest BCUT2D eigenvalue weighted by Crippen LogP contribution is 2.36. The number of carboxylic acid groups (broad SMARTS) is 1. The molecular weight excluding hydrogens is 354 g/mol. The third-order valence-corrected chi connectivity index (χ3v) is 4.86. The van der Waals surface area contributed by atoms with Crippen LogP contribution in [0.5, 0.6) is 0 Å². The zero-order valence-electron chi connectivity index (χ0n) is 15.9. The van der Waals surface area contributed by atoms with Crippen molar-refractivity contribution in [1.82, 2.24) is 0 Å². The van der Waals surface area contributed by atoms with Crippen LogP contribution in [-0.2, 0) is 9.59 Å². The molecule has 27 heavy (non-hydrogen) atoms.